The summed E-state index contributed by atoms with van der Waals surface area (Å²) < 4.78 is 4.82. The molecule has 0 aliphatic carbocycles. The number of amides is 2. The lowest BCUT2D eigenvalue weighted by Crippen LogP contribution is -2.43. The molecule has 1 aliphatic heterocycles. The summed E-state index contributed by atoms with van der Waals surface area (Å²) >= 11 is 0. The van der Waals surface area contributed by atoms with Gasteiger partial charge in [0.25, 0.3) is 5.91 Å². The van der Waals surface area contributed by atoms with Crippen LogP contribution in [0.1, 0.15) is 28.8 Å². The van der Waals surface area contributed by atoms with Gasteiger partial charge in [-0.1, -0.05) is 30.3 Å². The molecule has 0 bridgehead atoms. The largest absolute Gasteiger partial charge is 0.467 e. The first-order chi connectivity index (χ1) is 13.1. The van der Waals surface area contributed by atoms with Gasteiger partial charge in [-0.2, -0.15) is 0 Å². The maximum absolute atomic E-state index is 12.6. The topological polar surface area (TPSA) is 75.7 Å². The molecule has 140 valence electrons. The third-order valence-corrected chi connectivity index (χ3v) is 4.59. The smallest absolute Gasteiger partial charge is 0.328 e. The van der Waals surface area contributed by atoms with Crippen LogP contribution in [0, 0.1) is 0 Å². The van der Waals surface area contributed by atoms with Gasteiger partial charge >= 0.3 is 5.97 Å². The van der Waals surface area contributed by atoms with Crippen molar-refractivity contribution in [2.75, 3.05) is 18.6 Å². The van der Waals surface area contributed by atoms with Crippen molar-refractivity contribution in [2.24, 2.45) is 0 Å². The molecule has 3 rings (SSSR count). The number of anilines is 1. The van der Waals surface area contributed by atoms with Gasteiger partial charge < -0.3 is 15.0 Å². The number of hydrogen-bond acceptors (Lipinski definition) is 4. The molecule has 2 amide bonds. The zero-order chi connectivity index (χ0) is 19.2. The van der Waals surface area contributed by atoms with Crippen LogP contribution in [0.15, 0.2) is 54.6 Å². The minimum absolute atomic E-state index is 0.0980. The number of rotatable bonds is 6. The molecule has 2 aromatic rings. The molecule has 1 saturated heterocycles. The van der Waals surface area contributed by atoms with Gasteiger partial charge in [0, 0.05) is 30.6 Å². The second kappa shape index (κ2) is 8.49. The molecule has 27 heavy (non-hydrogen) atoms. The molecule has 1 heterocycles. The summed E-state index contributed by atoms with van der Waals surface area (Å²) in [5.74, 6) is -0.757. The van der Waals surface area contributed by atoms with Crippen molar-refractivity contribution in [1.82, 2.24) is 5.32 Å². The first kappa shape index (κ1) is 18.6. The lowest BCUT2D eigenvalue weighted by atomic mass is 10.1. The highest BCUT2D eigenvalue weighted by Gasteiger charge is 2.24. The number of benzene rings is 2. The summed E-state index contributed by atoms with van der Waals surface area (Å²) in [7, 11) is 1.30. The van der Waals surface area contributed by atoms with Gasteiger partial charge in [0.2, 0.25) is 5.91 Å². The van der Waals surface area contributed by atoms with Crippen LogP contribution in [0.2, 0.25) is 0 Å². The van der Waals surface area contributed by atoms with Crippen molar-refractivity contribution in [3.8, 4) is 0 Å². The van der Waals surface area contributed by atoms with E-state index in [9.17, 15) is 14.4 Å². The first-order valence-electron chi connectivity index (χ1n) is 8.91. The Morgan fingerprint density at radius 1 is 1.11 bits per heavy atom. The number of ether oxygens (including phenoxy) is 1. The van der Waals surface area contributed by atoms with Crippen LogP contribution in [0.25, 0.3) is 0 Å². The molecule has 1 aliphatic rings. The van der Waals surface area contributed by atoms with Crippen LogP contribution in [0.4, 0.5) is 5.69 Å². The van der Waals surface area contributed by atoms with E-state index >= 15 is 0 Å². The lowest BCUT2D eigenvalue weighted by molar-refractivity contribution is -0.142. The third-order valence-electron chi connectivity index (χ3n) is 4.59. The van der Waals surface area contributed by atoms with Gasteiger partial charge in [-0.15, -0.1) is 0 Å². The van der Waals surface area contributed by atoms with Crippen molar-refractivity contribution in [3.63, 3.8) is 0 Å². The van der Waals surface area contributed by atoms with E-state index in [2.05, 4.69) is 5.32 Å². The van der Waals surface area contributed by atoms with Gasteiger partial charge in [0.1, 0.15) is 6.04 Å². The summed E-state index contributed by atoms with van der Waals surface area (Å²) in [5.41, 5.74) is 2.13. The number of nitrogens with one attached hydrogen (secondary N) is 1. The van der Waals surface area contributed by atoms with Crippen LogP contribution in [-0.2, 0) is 20.7 Å². The van der Waals surface area contributed by atoms with Crippen LogP contribution in [0.5, 0.6) is 0 Å². The predicted octanol–water partition coefficient (Wildman–Crippen LogP) is 2.33. The van der Waals surface area contributed by atoms with Crippen molar-refractivity contribution in [1.29, 1.82) is 0 Å². The second-order valence-electron chi connectivity index (χ2n) is 6.43. The average Bonchev–Trinajstić information content (AvgIpc) is 3.13. The number of carbonyl (C=O) groups excluding carboxylic acids is 3. The molecule has 1 N–H and O–H groups in total. The Labute approximate surface area is 158 Å². The number of hydrogen-bond donors (Lipinski definition) is 1. The van der Waals surface area contributed by atoms with Crippen LogP contribution in [-0.4, -0.2) is 37.5 Å². The minimum Gasteiger partial charge on any atom is -0.467 e. The Bertz CT molecular complexity index is 818. The van der Waals surface area contributed by atoms with Crippen molar-refractivity contribution >= 4 is 23.5 Å². The molecule has 2 aromatic carbocycles. The van der Waals surface area contributed by atoms with Crippen LogP contribution >= 0.6 is 0 Å². The Hall–Kier alpha value is -3.15. The fourth-order valence-corrected chi connectivity index (χ4v) is 3.14. The number of methoxy groups -OCH3 is 1. The molecular weight excluding hydrogens is 344 g/mol. The predicted molar refractivity (Wildman–Crippen MR) is 101 cm³/mol. The summed E-state index contributed by atoms with van der Waals surface area (Å²) in [4.78, 5) is 38.2. The Balaban J connectivity index is 1.69. The SMILES string of the molecule is COC(=O)[C@@H](Cc1ccccc1)NC(=O)c1ccc(N2CCCC2=O)cc1. The van der Waals surface area contributed by atoms with E-state index in [1.165, 1.54) is 7.11 Å². The fourth-order valence-electron chi connectivity index (χ4n) is 3.14. The second-order valence-corrected chi connectivity index (χ2v) is 6.43. The van der Waals surface area contributed by atoms with Gasteiger partial charge in [-0.05, 0) is 36.2 Å². The van der Waals surface area contributed by atoms with E-state index in [0.717, 1.165) is 17.7 Å². The number of nitrogens with zero attached hydrogens (tertiary/aromatic N) is 1. The molecule has 6 heteroatoms. The normalized spacial score (nSPS) is 14.7. The Morgan fingerprint density at radius 2 is 1.81 bits per heavy atom. The lowest BCUT2D eigenvalue weighted by Gasteiger charge is -2.18. The zero-order valence-corrected chi connectivity index (χ0v) is 15.2. The van der Waals surface area contributed by atoms with E-state index in [1.54, 1.807) is 29.2 Å². The molecule has 0 radical (unpaired) electrons. The quantitative estimate of drug-likeness (QED) is 0.796. The third kappa shape index (κ3) is 4.53. The molecule has 0 unspecified atom stereocenters. The van der Waals surface area contributed by atoms with Crippen molar-refractivity contribution < 1.29 is 19.1 Å². The highest BCUT2D eigenvalue weighted by atomic mass is 16.5. The molecule has 0 saturated carbocycles. The number of carbonyl (C=O) groups is 3. The maximum Gasteiger partial charge on any atom is 0.328 e. The average molecular weight is 366 g/mol. The molecule has 1 fully saturated rings. The molecule has 0 aromatic heterocycles. The van der Waals surface area contributed by atoms with Gasteiger partial charge in [0.05, 0.1) is 7.11 Å². The Kier molecular flexibility index (Phi) is 5.86. The molecule has 1 atom stereocenters. The molecule has 0 spiro atoms. The first-order valence-corrected chi connectivity index (χ1v) is 8.91. The summed E-state index contributed by atoms with van der Waals surface area (Å²) in [6.07, 6.45) is 1.75. The monoisotopic (exact) mass is 366 g/mol. The standard InChI is InChI=1S/C21H22N2O4/c1-27-21(26)18(14-15-6-3-2-4-7-15)22-20(25)16-9-11-17(12-10-16)23-13-5-8-19(23)24/h2-4,6-7,9-12,18H,5,8,13-14H2,1H3,(H,22,25)/t18-/m1/s1. The Morgan fingerprint density at radius 3 is 2.41 bits per heavy atom. The highest BCUT2D eigenvalue weighted by Crippen LogP contribution is 2.21. The van der Waals surface area contributed by atoms with E-state index in [1.807, 2.05) is 30.3 Å². The van der Waals surface area contributed by atoms with Gasteiger partial charge in [-0.25, -0.2) is 4.79 Å². The summed E-state index contributed by atoms with van der Waals surface area (Å²) in [6.45, 7) is 0.700. The van der Waals surface area contributed by atoms with E-state index in [4.69, 9.17) is 4.74 Å². The summed E-state index contributed by atoms with van der Waals surface area (Å²) in [6, 6.07) is 15.5. The minimum atomic E-state index is -0.773. The molecule has 6 nitrogen and oxygen atoms in total. The van der Waals surface area contributed by atoms with Crippen molar-refractivity contribution in [3.05, 3.63) is 65.7 Å². The van der Waals surface area contributed by atoms with Crippen LogP contribution in [0.3, 0.4) is 0 Å². The van der Waals surface area contributed by atoms with E-state index in [0.29, 0.717) is 24.9 Å². The summed E-state index contributed by atoms with van der Waals surface area (Å²) in [5, 5.41) is 2.74. The van der Waals surface area contributed by atoms with Crippen molar-refractivity contribution in [2.45, 2.75) is 25.3 Å². The van der Waals surface area contributed by atoms with Gasteiger partial charge in [0.15, 0.2) is 0 Å². The maximum atomic E-state index is 12.6. The number of esters is 1. The fraction of sp³-hybridized carbons (Fsp3) is 0.286. The highest BCUT2D eigenvalue weighted by molar-refractivity contribution is 5.98. The van der Waals surface area contributed by atoms with Crippen LogP contribution < -0.4 is 10.2 Å². The van der Waals surface area contributed by atoms with E-state index < -0.39 is 12.0 Å². The van der Waals surface area contributed by atoms with Gasteiger partial charge in [-0.3, -0.25) is 9.59 Å². The molecular formula is C21H22N2O4. The van der Waals surface area contributed by atoms with E-state index in [-0.39, 0.29) is 11.8 Å². The zero-order valence-electron chi connectivity index (χ0n) is 15.2.